The summed E-state index contributed by atoms with van der Waals surface area (Å²) < 4.78 is 0. The number of hydrogen-bond acceptors (Lipinski definition) is 6. The van der Waals surface area contributed by atoms with E-state index < -0.39 is 6.04 Å². The van der Waals surface area contributed by atoms with Crippen LogP contribution in [-0.2, 0) is 0 Å². The molecule has 1 aromatic rings. The molecule has 11 heavy (non-hydrogen) atoms. The Kier molecular flexibility index (Phi) is 2.22. The second-order valence-corrected chi connectivity index (χ2v) is 1.62. The molecule has 56 valence electrons. The number of rotatable bonds is 2. The molecular weight excluding hydrogens is 146 g/mol. The van der Waals surface area contributed by atoms with Crippen molar-refractivity contribution >= 4 is 0 Å². The molecule has 1 atom stereocenters. The highest BCUT2D eigenvalue weighted by atomic mass is 15.5. The SMILES string of the molecule is CN=NC(C#N)c1nn[nH]n1. The largest absolute Gasteiger partial charge is 0.219 e. The summed E-state index contributed by atoms with van der Waals surface area (Å²) in [5.41, 5.74) is 0. The average molecular weight is 151 g/mol. The predicted molar refractivity (Wildman–Crippen MR) is 33.3 cm³/mol. The zero-order valence-corrected chi connectivity index (χ0v) is 5.76. The molecule has 7 nitrogen and oxygen atoms in total. The van der Waals surface area contributed by atoms with E-state index in [0.717, 1.165) is 0 Å². The predicted octanol–water partition coefficient (Wildman–Crippen LogP) is -0.154. The van der Waals surface area contributed by atoms with Crippen molar-refractivity contribution < 1.29 is 0 Å². The quantitative estimate of drug-likeness (QED) is 0.593. The van der Waals surface area contributed by atoms with E-state index >= 15 is 0 Å². The third kappa shape index (κ3) is 1.54. The van der Waals surface area contributed by atoms with Crippen molar-refractivity contribution in [1.82, 2.24) is 20.6 Å². The number of aromatic nitrogens is 4. The topological polar surface area (TPSA) is 103 Å². The first-order chi connectivity index (χ1) is 5.38. The zero-order chi connectivity index (χ0) is 8.10. The number of azo groups is 1. The number of nitrogens with zero attached hydrogens (tertiary/aromatic N) is 6. The van der Waals surface area contributed by atoms with Gasteiger partial charge in [0.2, 0.25) is 11.9 Å². The molecular formula is C4H5N7. The molecule has 0 aliphatic heterocycles. The van der Waals surface area contributed by atoms with E-state index in [1.807, 2.05) is 6.07 Å². The fourth-order valence-electron chi connectivity index (χ4n) is 0.536. The number of tetrazole rings is 1. The van der Waals surface area contributed by atoms with Crippen LogP contribution in [0.25, 0.3) is 0 Å². The Morgan fingerprint density at radius 3 is 3.00 bits per heavy atom. The molecule has 1 N–H and O–H groups in total. The van der Waals surface area contributed by atoms with Gasteiger partial charge in [0.15, 0.2) is 0 Å². The van der Waals surface area contributed by atoms with Crippen molar-refractivity contribution in [3.8, 4) is 6.07 Å². The minimum atomic E-state index is -0.751. The Labute approximate surface area is 62.1 Å². The highest BCUT2D eigenvalue weighted by Crippen LogP contribution is 2.08. The minimum absolute atomic E-state index is 0.234. The maximum atomic E-state index is 8.50. The zero-order valence-electron chi connectivity index (χ0n) is 5.76. The van der Waals surface area contributed by atoms with Crippen molar-refractivity contribution in [3.63, 3.8) is 0 Å². The molecule has 0 aliphatic carbocycles. The second-order valence-electron chi connectivity index (χ2n) is 1.62. The van der Waals surface area contributed by atoms with Crippen molar-refractivity contribution in [2.45, 2.75) is 6.04 Å². The maximum Gasteiger partial charge on any atom is 0.219 e. The Balaban J connectivity index is 2.82. The second kappa shape index (κ2) is 3.36. The molecule has 0 saturated heterocycles. The molecule has 0 radical (unpaired) electrons. The van der Waals surface area contributed by atoms with Gasteiger partial charge in [0, 0.05) is 7.05 Å². The molecule has 0 saturated carbocycles. The monoisotopic (exact) mass is 151 g/mol. The van der Waals surface area contributed by atoms with Crippen molar-refractivity contribution in [3.05, 3.63) is 5.82 Å². The molecule has 1 unspecified atom stereocenters. The van der Waals surface area contributed by atoms with Crippen molar-refractivity contribution in [1.29, 1.82) is 5.26 Å². The molecule has 0 spiro atoms. The molecule has 0 bridgehead atoms. The first-order valence-corrected chi connectivity index (χ1v) is 2.80. The normalized spacial score (nSPS) is 13.1. The number of nitrogens with one attached hydrogen (secondary N) is 1. The van der Waals surface area contributed by atoms with Crippen LogP contribution in [0.4, 0.5) is 0 Å². The number of hydrogen-bond donors (Lipinski definition) is 1. The number of aromatic amines is 1. The Bertz CT molecular complexity index is 267. The average Bonchev–Trinajstić information content (AvgIpc) is 2.52. The summed E-state index contributed by atoms with van der Waals surface area (Å²) in [6.07, 6.45) is 0. The summed E-state index contributed by atoms with van der Waals surface area (Å²) in [4.78, 5) is 0. The van der Waals surface area contributed by atoms with Gasteiger partial charge in [-0.3, -0.25) is 0 Å². The van der Waals surface area contributed by atoms with Crippen LogP contribution in [-0.4, -0.2) is 27.7 Å². The highest BCUT2D eigenvalue weighted by molar-refractivity contribution is 5.02. The van der Waals surface area contributed by atoms with Gasteiger partial charge in [0.05, 0.1) is 6.07 Å². The van der Waals surface area contributed by atoms with Crippen LogP contribution in [0.15, 0.2) is 10.2 Å². The summed E-state index contributed by atoms with van der Waals surface area (Å²) >= 11 is 0. The number of H-pyrrole nitrogens is 1. The lowest BCUT2D eigenvalue weighted by atomic mass is 10.3. The molecule has 1 rings (SSSR count). The van der Waals surface area contributed by atoms with Gasteiger partial charge in [-0.1, -0.05) is 5.21 Å². The Morgan fingerprint density at radius 2 is 2.55 bits per heavy atom. The van der Waals surface area contributed by atoms with E-state index in [2.05, 4.69) is 30.9 Å². The van der Waals surface area contributed by atoms with Crippen LogP contribution in [0.1, 0.15) is 11.9 Å². The molecule has 0 amide bonds. The molecule has 7 heteroatoms. The van der Waals surface area contributed by atoms with E-state index in [0.29, 0.717) is 0 Å². The van der Waals surface area contributed by atoms with Gasteiger partial charge in [0.25, 0.3) is 0 Å². The molecule has 0 fully saturated rings. The van der Waals surface area contributed by atoms with Crippen molar-refractivity contribution in [2.24, 2.45) is 10.2 Å². The minimum Gasteiger partial charge on any atom is -0.196 e. The fourth-order valence-corrected chi connectivity index (χ4v) is 0.536. The summed E-state index contributed by atoms with van der Waals surface area (Å²) in [6, 6.07) is 1.11. The number of nitriles is 1. The van der Waals surface area contributed by atoms with Gasteiger partial charge in [-0.05, 0) is 0 Å². The summed E-state index contributed by atoms with van der Waals surface area (Å²) in [6.45, 7) is 0. The molecule has 0 aliphatic rings. The van der Waals surface area contributed by atoms with E-state index in [-0.39, 0.29) is 5.82 Å². The van der Waals surface area contributed by atoms with Gasteiger partial charge in [0.1, 0.15) is 0 Å². The van der Waals surface area contributed by atoms with E-state index in [9.17, 15) is 0 Å². The summed E-state index contributed by atoms with van der Waals surface area (Å²) in [5.74, 6) is 0.234. The van der Waals surface area contributed by atoms with Gasteiger partial charge < -0.3 is 0 Å². The first kappa shape index (κ1) is 7.27. The van der Waals surface area contributed by atoms with Crippen LogP contribution in [0.2, 0.25) is 0 Å². The Morgan fingerprint density at radius 1 is 1.73 bits per heavy atom. The Hall–Kier alpha value is -1.84. The highest BCUT2D eigenvalue weighted by Gasteiger charge is 2.12. The van der Waals surface area contributed by atoms with Gasteiger partial charge >= 0.3 is 0 Å². The lowest BCUT2D eigenvalue weighted by Crippen LogP contribution is -1.93. The lowest BCUT2D eigenvalue weighted by Gasteiger charge is -1.90. The smallest absolute Gasteiger partial charge is 0.196 e. The van der Waals surface area contributed by atoms with Gasteiger partial charge in [-0.15, -0.1) is 10.2 Å². The first-order valence-electron chi connectivity index (χ1n) is 2.80. The third-order valence-electron chi connectivity index (χ3n) is 0.960. The summed E-state index contributed by atoms with van der Waals surface area (Å²) in [5, 5.41) is 28.2. The molecule has 0 aromatic carbocycles. The van der Waals surface area contributed by atoms with Crippen molar-refractivity contribution in [2.75, 3.05) is 7.05 Å². The van der Waals surface area contributed by atoms with Crippen LogP contribution < -0.4 is 0 Å². The third-order valence-corrected chi connectivity index (χ3v) is 0.960. The fraction of sp³-hybridized carbons (Fsp3) is 0.500. The van der Waals surface area contributed by atoms with Crippen LogP contribution in [0.5, 0.6) is 0 Å². The van der Waals surface area contributed by atoms with E-state index in [4.69, 9.17) is 5.26 Å². The van der Waals surface area contributed by atoms with E-state index in [1.165, 1.54) is 7.05 Å². The standard InChI is InChI=1S/C4H5N7/c1-6-7-3(2-5)4-8-10-11-9-4/h3H,1H3,(H,8,9,10,11). The van der Waals surface area contributed by atoms with Gasteiger partial charge in [-0.2, -0.15) is 20.7 Å². The lowest BCUT2D eigenvalue weighted by molar-refractivity contribution is 0.770. The van der Waals surface area contributed by atoms with E-state index in [1.54, 1.807) is 0 Å². The van der Waals surface area contributed by atoms with Crippen LogP contribution >= 0.6 is 0 Å². The van der Waals surface area contributed by atoms with Crippen LogP contribution in [0.3, 0.4) is 0 Å². The molecule has 1 aromatic heterocycles. The van der Waals surface area contributed by atoms with Gasteiger partial charge in [-0.25, -0.2) is 0 Å². The summed E-state index contributed by atoms with van der Waals surface area (Å²) in [7, 11) is 1.48. The maximum absolute atomic E-state index is 8.50. The van der Waals surface area contributed by atoms with Crippen LogP contribution in [0, 0.1) is 11.3 Å². The molecule has 1 heterocycles.